The lowest BCUT2D eigenvalue weighted by atomic mass is 9.82. The number of esters is 1. The molecule has 28 heavy (non-hydrogen) atoms. The van der Waals surface area contributed by atoms with Crippen LogP contribution < -0.4 is 10.9 Å². The van der Waals surface area contributed by atoms with Gasteiger partial charge in [-0.2, -0.15) is 0 Å². The Morgan fingerprint density at radius 2 is 2.11 bits per heavy atom. The van der Waals surface area contributed by atoms with Crippen molar-refractivity contribution >= 4 is 23.5 Å². The van der Waals surface area contributed by atoms with E-state index in [1.807, 2.05) is 0 Å². The van der Waals surface area contributed by atoms with Crippen LogP contribution in [0.25, 0.3) is 0 Å². The van der Waals surface area contributed by atoms with Gasteiger partial charge >= 0.3 is 5.97 Å². The number of carbonyl (C=O) groups excluding carboxylic acids is 1. The molecule has 6 nitrogen and oxygen atoms in total. The first kappa shape index (κ1) is 19.9. The van der Waals surface area contributed by atoms with Crippen LogP contribution in [0, 0.1) is 5.82 Å². The maximum absolute atomic E-state index is 13.4. The van der Waals surface area contributed by atoms with Crippen LogP contribution >= 0.6 is 11.8 Å². The molecule has 1 atom stereocenters. The number of ether oxygens (including phenoxy) is 1. The Balaban J connectivity index is 2.19. The van der Waals surface area contributed by atoms with E-state index < -0.39 is 17.7 Å². The molecule has 0 radical (unpaired) electrons. The lowest BCUT2D eigenvalue weighted by molar-refractivity contribution is -0.138. The van der Waals surface area contributed by atoms with E-state index in [1.165, 1.54) is 23.9 Å². The summed E-state index contributed by atoms with van der Waals surface area (Å²) in [7, 11) is 0. The predicted octanol–water partition coefficient (Wildman–Crippen LogP) is 3.58. The lowest BCUT2D eigenvalue weighted by Crippen LogP contribution is -2.31. The number of allylic oxidation sites excluding steroid dienone is 1. The molecule has 3 rings (SSSR count). The molecule has 1 aromatic carbocycles. The van der Waals surface area contributed by atoms with Gasteiger partial charge in [0.2, 0.25) is 0 Å². The Kier molecular flexibility index (Phi) is 5.99. The summed E-state index contributed by atoms with van der Waals surface area (Å²) in [6, 6.07) is 5.71. The number of halogens is 1. The molecule has 1 aromatic heterocycles. The van der Waals surface area contributed by atoms with Gasteiger partial charge in [0, 0.05) is 11.4 Å². The maximum Gasteiger partial charge on any atom is 0.336 e. The summed E-state index contributed by atoms with van der Waals surface area (Å²) in [4.78, 5) is 32.8. The minimum absolute atomic E-state index is 0.199. The highest BCUT2D eigenvalue weighted by Crippen LogP contribution is 2.40. The Bertz CT molecular complexity index is 999. The molecule has 1 aliphatic heterocycles. The molecule has 146 valence electrons. The second-order valence-corrected chi connectivity index (χ2v) is 7.11. The second kappa shape index (κ2) is 8.43. The Hall–Kier alpha value is -2.87. The second-order valence-electron chi connectivity index (χ2n) is 6.10. The van der Waals surface area contributed by atoms with Gasteiger partial charge in [0.1, 0.15) is 11.6 Å². The number of carbonyl (C=O) groups is 1. The highest BCUT2D eigenvalue weighted by atomic mass is 32.2. The van der Waals surface area contributed by atoms with E-state index >= 15 is 0 Å². The first-order valence-corrected chi connectivity index (χ1v) is 9.73. The van der Waals surface area contributed by atoms with E-state index in [4.69, 9.17) is 4.74 Å². The Labute approximate surface area is 165 Å². The van der Waals surface area contributed by atoms with Gasteiger partial charge in [0.05, 0.1) is 23.7 Å². The summed E-state index contributed by atoms with van der Waals surface area (Å²) in [5.74, 6) is -0.691. The van der Waals surface area contributed by atoms with Gasteiger partial charge in [0.25, 0.3) is 5.56 Å². The Morgan fingerprint density at radius 1 is 1.39 bits per heavy atom. The van der Waals surface area contributed by atoms with Crippen molar-refractivity contribution in [3.8, 4) is 0 Å². The quantitative estimate of drug-likeness (QED) is 0.333. The molecule has 8 heteroatoms. The fraction of sp³-hybridized carbons (Fsp3) is 0.250. The van der Waals surface area contributed by atoms with Crippen molar-refractivity contribution in [3.63, 3.8) is 0 Å². The van der Waals surface area contributed by atoms with Crippen LogP contribution in [0.1, 0.15) is 30.9 Å². The largest absolute Gasteiger partial charge is 0.463 e. The van der Waals surface area contributed by atoms with Crippen molar-refractivity contribution in [2.24, 2.45) is 0 Å². The highest BCUT2D eigenvalue weighted by Gasteiger charge is 2.36. The van der Waals surface area contributed by atoms with E-state index in [0.29, 0.717) is 39.1 Å². The summed E-state index contributed by atoms with van der Waals surface area (Å²) < 4.78 is 18.6. The first-order valence-electron chi connectivity index (χ1n) is 8.74. The molecule has 2 N–H and O–H groups in total. The van der Waals surface area contributed by atoms with Gasteiger partial charge in [0.15, 0.2) is 5.16 Å². The molecule has 0 amide bonds. The van der Waals surface area contributed by atoms with Crippen LogP contribution in [0.5, 0.6) is 0 Å². The van der Waals surface area contributed by atoms with Crippen molar-refractivity contribution in [2.75, 3.05) is 17.7 Å². The SMILES string of the molecule is C=CCSc1nc2c(c(=O)[nH]1)C(c1ccc(F)cc1)C(C(=O)OCC)=C(C)N2. The molecule has 1 unspecified atom stereocenters. The summed E-state index contributed by atoms with van der Waals surface area (Å²) in [6.07, 6.45) is 1.71. The Morgan fingerprint density at radius 3 is 2.75 bits per heavy atom. The molecule has 0 spiro atoms. The number of nitrogens with one attached hydrogen (secondary N) is 2. The van der Waals surface area contributed by atoms with Crippen molar-refractivity contribution in [2.45, 2.75) is 24.9 Å². The fourth-order valence-electron chi connectivity index (χ4n) is 3.11. The molecule has 1 aliphatic rings. The molecule has 2 heterocycles. The molecule has 0 saturated carbocycles. The summed E-state index contributed by atoms with van der Waals surface area (Å²) in [6.45, 7) is 7.29. The predicted molar refractivity (Wildman–Crippen MR) is 107 cm³/mol. The molecular weight excluding hydrogens is 381 g/mol. The number of aromatic nitrogens is 2. The van der Waals surface area contributed by atoms with Gasteiger partial charge in [-0.3, -0.25) is 4.79 Å². The lowest BCUT2D eigenvalue weighted by Gasteiger charge is -2.28. The number of nitrogens with zero attached hydrogens (tertiary/aromatic N) is 1. The number of anilines is 1. The summed E-state index contributed by atoms with van der Waals surface area (Å²) in [5, 5.41) is 3.50. The number of rotatable bonds is 6. The molecule has 0 bridgehead atoms. The monoisotopic (exact) mass is 401 g/mol. The summed E-state index contributed by atoms with van der Waals surface area (Å²) in [5.41, 5.74) is 1.37. The minimum Gasteiger partial charge on any atom is -0.463 e. The van der Waals surface area contributed by atoms with Crippen LogP contribution in [0.4, 0.5) is 10.2 Å². The van der Waals surface area contributed by atoms with Gasteiger partial charge < -0.3 is 15.0 Å². The van der Waals surface area contributed by atoms with Gasteiger partial charge in [-0.15, -0.1) is 6.58 Å². The zero-order valence-corrected chi connectivity index (χ0v) is 16.4. The van der Waals surface area contributed by atoms with Crippen LogP contribution in [-0.4, -0.2) is 28.3 Å². The third-order valence-corrected chi connectivity index (χ3v) is 5.13. The van der Waals surface area contributed by atoms with Gasteiger partial charge in [-0.25, -0.2) is 14.2 Å². The smallest absolute Gasteiger partial charge is 0.336 e. The average Bonchev–Trinajstić information content (AvgIpc) is 2.66. The normalized spacial score (nSPS) is 15.6. The zero-order valence-electron chi connectivity index (χ0n) is 15.5. The number of hydrogen-bond donors (Lipinski definition) is 2. The minimum atomic E-state index is -0.717. The van der Waals surface area contributed by atoms with Crippen molar-refractivity contribution in [3.05, 3.63) is 75.5 Å². The molecule has 0 aliphatic carbocycles. The molecular formula is C20H20FN3O3S. The van der Waals surface area contributed by atoms with Crippen molar-refractivity contribution in [1.29, 1.82) is 0 Å². The molecule has 0 saturated heterocycles. The fourth-order valence-corrected chi connectivity index (χ4v) is 3.70. The third-order valence-electron chi connectivity index (χ3n) is 4.26. The van der Waals surface area contributed by atoms with E-state index in [1.54, 1.807) is 32.1 Å². The van der Waals surface area contributed by atoms with Gasteiger partial charge in [-0.1, -0.05) is 30.0 Å². The number of thioether (sulfide) groups is 1. The maximum atomic E-state index is 13.4. The highest BCUT2D eigenvalue weighted by molar-refractivity contribution is 7.99. The van der Waals surface area contributed by atoms with E-state index in [-0.39, 0.29) is 12.2 Å². The summed E-state index contributed by atoms with van der Waals surface area (Å²) >= 11 is 1.34. The van der Waals surface area contributed by atoms with Crippen LogP contribution in [-0.2, 0) is 9.53 Å². The standard InChI is InChI=1S/C20H20FN3O3S/c1-4-10-28-20-23-17-16(18(25)24-20)15(12-6-8-13(21)9-7-12)14(11(3)22-17)19(26)27-5-2/h4,6-9,15H,1,5,10H2,2-3H3,(H2,22,23,24,25). The topological polar surface area (TPSA) is 84.1 Å². The molecule has 2 aromatic rings. The third kappa shape index (κ3) is 3.87. The first-order chi connectivity index (χ1) is 13.5. The van der Waals surface area contributed by atoms with Crippen LogP contribution in [0.2, 0.25) is 0 Å². The van der Waals surface area contributed by atoms with Gasteiger partial charge in [-0.05, 0) is 31.5 Å². The number of benzene rings is 1. The van der Waals surface area contributed by atoms with E-state index in [2.05, 4.69) is 21.9 Å². The number of hydrogen-bond acceptors (Lipinski definition) is 6. The average molecular weight is 401 g/mol. The van der Waals surface area contributed by atoms with Crippen LogP contribution in [0.3, 0.4) is 0 Å². The number of aromatic amines is 1. The number of H-pyrrole nitrogens is 1. The van der Waals surface area contributed by atoms with Crippen LogP contribution in [0.15, 0.2) is 58.1 Å². The van der Waals surface area contributed by atoms with Crippen molar-refractivity contribution in [1.82, 2.24) is 9.97 Å². The van der Waals surface area contributed by atoms with E-state index in [9.17, 15) is 14.0 Å². The van der Waals surface area contributed by atoms with Crippen molar-refractivity contribution < 1.29 is 13.9 Å². The number of fused-ring (bicyclic) bond motifs is 1. The zero-order chi connectivity index (χ0) is 20.3. The molecule has 0 fully saturated rings. The van der Waals surface area contributed by atoms with E-state index in [0.717, 1.165) is 0 Å².